The van der Waals surface area contributed by atoms with Gasteiger partial charge in [-0.15, -0.1) is 0 Å². The summed E-state index contributed by atoms with van der Waals surface area (Å²) in [7, 11) is 1.70. The molecule has 0 saturated carbocycles. The fourth-order valence-electron chi connectivity index (χ4n) is 1.30. The lowest BCUT2D eigenvalue weighted by molar-refractivity contribution is 0.167. The minimum absolute atomic E-state index is 0.218. The zero-order valence-corrected chi connectivity index (χ0v) is 10.0. The fraction of sp³-hybridized carbons (Fsp3) is 0.500. The molecule has 1 N–H and O–H groups in total. The van der Waals surface area contributed by atoms with Gasteiger partial charge in [0.2, 0.25) is 0 Å². The number of nitrogens with one attached hydrogen (secondary N) is 1. The van der Waals surface area contributed by atoms with Gasteiger partial charge in [0.05, 0.1) is 12.6 Å². The van der Waals surface area contributed by atoms with Crippen molar-refractivity contribution >= 4 is 15.9 Å². The third kappa shape index (κ3) is 3.36. The highest BCUT2D eigenvalue weighted by atomic mass is 79.9. The highest BCUT2D eigenvalue weighted by molar-refractivity contribution is 9.10. The lowest BCUT2D eigenvalue weighted by Crippen LogP contribution is -2.24. The first-order valence-corrected chi connectivity index (χ1v) is 5.40. The molecule has 0 spiro atoms. The molecule has 0 aromatic carbocycles. The molecule has 3 nitrogen and oxygen atoms in total. The van der Waals surface area contributed by atoms with Gasteiger partial charge in [0.15, 0.2) is 0 Å². The number of hydrogen-bond donors (Lipinski definition) is 1. The van der Waals surface area contributed by atoms with Crippen molar-refractivity contribution < 1.29 is 4.74 Å². The van der Waals surface area contributed by atoms with Gasteiger partial charge >= 0.3 is 0 Å². The van der Waals surface area contributed by atoms with E-state index in [0.717, 1.165) is 16.6 Å². The smallest absolute Gasteiger partial charge is 0.0658 e. The maximum Gasteiger partial charge on any atom is 0.0658 e. The molecule has 1 rings (SSSR count). The Morgan fingerprint density at radius 1 is 1.57 bits per heavy atom. The van der Waals surface area contributed by atoms with E-state index in [4.69, 9.17) is 4.74 Å². The molecule has 1 atom stereocenters. The number of methoxy groups -OCH3 is 1. The van der Waals surface area contributed by atoms with Crippen LogP contribution in [0.1, 0.15) is 18.5 Å². The molecule has 1 aromatic rings. The average Bonchev–Trinajstić information content (AvgIpc) is 2.17. The van der Waals surface area contributed by atoms with E-state index >= 15 is 0 Å². The number of aromatic nitrogens is 1. The molecular formula is C10H15BrN2O. The first-order chi connectivity index (χ1) is 6.77. The van der Waals surface area contributed by atoms with Crippen molar-refractivity contribution in [3.8, 4) is 0 Å². The molecule has 0 aliphatic heterocycles. The zero-order chi connectivity index (χ0) is 10.4. The second-order valence-corrected chi connectivity index (χ2v) is 3.92. The van der Waals surface area contributed by atoms with Crippen molar-refractivity contribution in [3.05, 3.63) is 28.5 Å². The van der Waals surface area contributed by atoms with E-state index in [2.05, 4.69) is 39.2 Å². The van der Waals surface area contributed by atoms with Gasteiger partial charge in [-0.3, -0.25) is 4.98 Å². The Bertz CT molecular complexity index is 275. The minimum atomic E-state index is 0.218. The second kappa shape index (κ2) is 6.11. The molecule has 1 heterocycles. The van der Waals surface area contributed by atoms with Crippen molar-refractivity contribution in [3.63, 3.8) is 0 Å². The summed E-state index contributed by atoms with van der Waals surface area (Å²) in [5.41, 5.74) is 1.14. The molecule has 0 bridgehead atoms. The Balaban J connectivity index is 2.75. The first kappa shape index (κ1) is 11.6. The number of rotatable bonds is 5. The second-order valence-electron chi connectivity index (χ2n) is 3.00. The van der Waals surface area contributed by atoms with Crippen LogP contribution in [0.4, 0.5) is 0 Å². The van der Waals surface area contributed by atoms with Crippen molar-refractivity contribution in [2.75, 3.05) is 20.3 Å². The van der Waals surface area contributed by atoms with Crippen LogP contribution in [-0.4, -0.2) is 25.2 Å². The summed E-state index contributed by atoms with van der Waals surface area (Å²) in [6.45, 7) is 3.65. The van der Waals surface area contributed by atoms with E-state index in [-0.39, 0.29) is 6.04 Å². The number of likely N-dealkylation sites (N-methyl/N-ethyl adjacent to an activating group) is 1. The minimum Gasteiger partial charge on any atom is -0.383 e. The first-order valence-electron chi connectivity index (χ1n) is 4.60. The van der Waals surface area contributed by atoms with Crippen LogP contribution < -0.4 is 5.32 Å². The molecule has 78 valence electrons. The molecule has 14 heavy (non-hydrogen) atoms. The van der Waals surface area contributed by atoms with Gasteiger partial charge in [-0.2, -0.15) is 0 Å². The quantitative estimate of drug-likeness (QED) is 0.879. The van der Waals surface area contributed by atoms with Crippen LogP contribution in [0.15, 0.2) is 22.9 Å². The Hall–Kier alpha value is -0.450. The van der Waals surface area contributed by atoms with Gasteiger partial charge in [-0.1, -0.05) is 6.92 Å². The van der Waals surface area contributed by atoms with Gasteiger partial charge in [-0.25, -0.2) is 0 Å². The summed E-state index contributed by atoms with van der Waals surface area (Å²) in [5.74, 6) is 0. The maximum absolute atomic E-state index is 5.15. The van der Waals surface area contributed by atoms with Crippen molar-refractivity contribution in [1.82, 2.24) is 10.3 Å². The number of hydrogen-bond acceptors (Lipinski definition) is 3. The lowest BCUT2D eigenvalue weighted by atomic mass is 10.1. The van der Waals surface area contributed by atoms with Gasteiger partial charge in [-0.05, 0) is 34.1 Å². The molecule has 0 radical (unpaired) electrons. The van der Waals surface area contributed by atoms with E-state index in [1.54, 1.807) is 13.3 Å². The molecule has 0 aliphatic rings. The fourth-order valence-corrected chi connectivity index (χ4v) is 1.69. The Labute approximate surface area is 93.0 Å². The maximum atomic E-state index is 5.15. The molecule has 0 aliphatic carbocycles. The highest BCUT2D eigenvalue weighted by Gasteiger charge is 2.09. The third-order valence-electron chi connectivity index (χ3n) is 1.91. The molecule has 0 amide bonds. The number of halogens is 1. The van der Waals surface area contributed by atoms with Crippen LogP contribution in [0.2, 0.25) is 0 Å². The van der Waals surface area contributed by atoms with Crippen LogP contribution in [0.25, 0.3) is 0 Å². The monoisotopic (exact) mass is 258 g/mol. The Morgan fingerprint density at radius 2 is 2.36 bits per heavy atom. The van der Waals surface area contributed by atoms with E-state index in [1.807, 2.05) is 6.20 Å². The largest absolute Gasteiger partial charge is 0.383 e. The van der Waals surface area contributed by atoms with Crippen LogP contribution in [0.5, 0.6) is 0 Å². The SMILES string of the molecule is CCNC(COC)c1cncc(Br)c1. The van der Waals surface area contributed by atoms with Crippen LogP contribution >= 0.6 is 15.9 Å². The van der Waals surface area contributed by atoms with Crippen molar-refractivity contribution in [1.29, 1.82) is 0 Å². The van der Waals surface area contributed by atoms with Crippen LogP contribution in [0, 0.1) is 0 Å². The molecule has 0 saturated heterocycles. The number of ether oxygens (including phenoxy) is 1. The van der Waals surface area contributed by atoms with E-state index in [9.17, 15) is 0 Å². The standard InChI is InChI=1S/C10H15BrN2O/c1-3-13-10(7-14-2)8-4-9(11)6-12-5-8/h4-6,10,13H,3,7H2,1-2H3. The molecular weight excluding hydrogens is 244 g/mol. The number of nitrogens with zero attached hydrogens (tertiary/aromatic N) is 1. The van der Waals surface area contributed by atoms with Crippen LogP contribution in [0.3, 0.4) is 0 Å². The predicted molar refractivity (Wildman–Crippen MR) is 60.2 cm³/mol. The summed E-state index contributed by atoms with van der Waals surface area (Å²) in [6.07, 6.45) is 3.64. The normalized spacial score (nSPS) is 12.8. The summed E-state index contributed by atoms with van der Waals surface area (Å²) in [4.78, 5) is 4.13. The summed E-state index contributed by atoms with van der Waals surface area (Å²) in [5, 5.41) is 3.34. The number of pyridine rings is 1. The van der Waals surface area contributed by atoms with E-state index in [0.29, 0.717) is 6.61 Å². The summed E-state index contributed by atoms with van der Waals surface area (Å²) < 4.78 is 6.14. The summed E-state index contributed by atoms with van der Waals surface area (Å²) >= 11 is 3.40. The Kier molecular flexibility index (Phi) is 5.07. The topological polar surface area (TPSA) is 34.1 Å². The Morgan fingerprint density at radius 3 is 2.93 bits per heavy atom. The summed E-state index contributed by atoms with van der Waals surface area (Å²) in [6, 6.07) is 2.27. The van der Waals surface area contributed by atoms with Crippen molar-refractivity contribution in [2.24, 2.45) is 0 Å². The highest BCUT2D eigenvalue weighted by Crippen LogP contribution is 2.16. The van der Waals surface area contributed by atoms with Gasteiger partial charge in [0, 0.05) is 24.0 Å². The lowest BCUT2D eigenvalue weighted by Gasteiger charge is -2.16. The third-order valence-corrected chi connectivity index (χ3v) is 2.35. The van der Waals surface area contributed by atoms with Gasteiger partial charge in [0.25, 0.3) is 0 Å². The van der Waals surface area contributed by atoms with Gasteiger partial charge in [0.1, 0.15) is 0 Å². The molecule has 1 aromatic heterocycles. The van der Waals surface area contributed by atoms with Crippen LogP contribution in [-0.2, 0) is 4.74 Å². The predicted octanol–water partition coefficient (Wildman–Crippen LogP) is 2.14. The molecule has 0 fully saturated rings. The average molecular weight is 259 g/mol. The van der Waals surface area contributed by atoms with Crippen molar-refractivity contribution in [2.45, 2.75) is 13.0 Å². The van der Waals surface area contributed by atoms with E-state index < -0.39 is 0 Å². The molecule has 4 heteroatoms. The van der Waals surface area contributed by atoms with Gasteiger partial charge < -0.3 is 10.1 Å². The molecule has 1 unspecified atom stereocenters. The zero-order valence-electron chi connectivity index (χ0n) is 8.46. The van der Waals surface area contributed by atoms with E-state index in [1.165, 1.54) is 0 Å².